The average molecular weight is 727 g/mol. The van der Waals surface area contributed by atoms with Crippen LogP contribution in [0, 0.1) is 23.2 Å². The third-order valence-corrected chi connectivity index (χ3v) is 11.6. The van der Waals surface area contributed by atoms with E-state index in [4.69, 9.17) is 31.9 Å². The number of anilines is 1. The molecule has 1 unspecified atom stereocenters. The molecule has 50 heavy (non-hydrogen) atoms. The minimum atomic E-state index is -3.55. The summed E-state index contributed by atoms with van der Waals surface area (Å²) in [6, 6.07) is 10.3. The standard InChI is InChI=1S/C35H43ClN6O7S/c1-48-30-8-7-22(19-31(30)49-2)34-26-5-3-4-6-27(26)35(45)42(40-34)25-9-13-41(14-10-25)32(44)11-15-50(46,47)16-12-39-21-29(43)23-17-24(20-37)33(38)28(36)18-23/h3-4,7-8,17-19,25-27,29,39,43H,5-6,9-16,21,38H2,1-2H3/t26-,27+,29?/m0/s1. The summed E-state index contributed by atoms with van der Waals surface area (Å²) in [6.45, 7) is 0.890. The number of hydrazone groups is 1. The summed E-state index contributed by atoms with van der Waals surface area (Å²) in [4.78, 5) is 28.4. The maximum atomic E-state index is 13.7. The number of benzene rings is 2. The summed E-state index contributed by atoms with van der Waals surface area (Å²) < 4.78 is 36.4. The van der Waals surface area contributed by atoms with Crippen molar-refractivity contribution in [3.63, 3.8) is 0 Å². The smallest absolute Gasteiger partial charge is 0.247 e. The number of nitrogens with two attached hydrogens (primary N) is 1. The zero-order valence-electron chi connectivity index (χ0n) is 28.2. The number of likely N-dealkylation sites (tertiary alicyclic amines) is 1. The molecule has 0 radical (unpaired) electrons. The zero-order chi connectivity index (χ0) is 36.0. The molecule has 1 aliphatic carbocycles. The number of hydrogen-bond acceptors (Lipinski definition) is 11. The van der Waals surface area contributed by atoms with Gasteiger partial charge in [-0.3, -0.25) is 9.59 Å². The Morgan fingerprint density at radius 2 is 1.82 bits per heavy atom. The molecule has 2 amide bonds. The van der Waals surface area contributed by atoms with E-state index in [0.717, 1.165) is 11.3 Å². The second-order valence-corrected chi connectivity index (χ2v) is 15.4. The minimum absolute atomic E-state index is 0.00948. The lowest BCUT2D eigenvalue weighted by Gasteiger charge is -2.42. The number of methoxy groups -OCH3 is 2. The van der Waals surface area contributed by atoms with Gasteiger partial charge in [0.15, 0.2) is 21.3 Å². The van der Waals surface area contributed by atoms with Gasteiger partial charge >= 0.3 is 0 Å². The van der Waals surface area contributed by atoms with Crippen molar-refractivity contribution >= 4 is 44.7 Å². The average Bonchev–Trinajstić information content (AvgIpc) is 3.13. The Kier molecular flexibility index (Phi) is 12.1. The number of allylic oxidation sites excluding steroid dienone is 2. The van der Waals surface area contributed by atoms with Crippen LogP contribution in [-0.2, 0) is 19.4 Å². The molecule has 0 bridgehead atoms. The highest BCUT2D eigenvalue weighted by atomic mass is 35.5. The first-order valence-corrected chi connectivity index (χ1v) is 18.8. The number of amides is 2. The monoisotopic (exact) mass is 726 g/mol. The molecule has 2 aromatic rings. The lowest BCUT2D eigenvalue weighted by atomic mass is 9.76. The molecule has 2 aromatic carbocycles. The number of sulfone groups is 1. The molecule has 0 saturated carbocycles. The highest BCUT2D eigenvalue weighted by molar-refractivity contribution is 7.91. The predicted octanol–water partition coefficient (Wildman–Crippen LogP) is 3.06. The van der Waals surface area contributed by atoms with Crippen LogP contribution >= 0.6 is 11.6 Å². The Bertz CT molecular complexity index is 1800. The molecule has 13 nitrogen and oxygen atoms in total. The zero-order valence-corrected chi connectivity index (χ0v) is 29.8. The number of nitrogens with zero attached hydrogens (tertiary/aromatic N) is 4. The van der Waals surface area contributed by atoms with Gasteiger partial charge in [0.05, 0.1) is 65.8 Å². The number of ether oxygens (including phenoxy) is 2. The van der Waals surface area contributed by atoms with E-state index in [-0.39, 0.29) is 77.0 Å². The largest absolute Gasteiger partial charge is 0.493 e. The number of hydrogen-bond donors (Lipinski definition) is 3. The molecule has 5 rings (SSSR count). The van der Waals surface area contributed by atoms with Crippen molar-refractivity contribution in [2.45, 2.75) is 44.2 Å². The van der Waals surface area contributed by atoms with E-state index in [2.05, 4.69) is 11.4 Å². The third-order valence-electron chi connectivity index (χ3n) is 9.60. The van der Waals surface area contributed by atoms with E-state index in [1.807, 2.05) is 30.3 Å². The Balaban J connectivity index is 1.12. The highest BCUT2D eigenvalue weighted by Crippen LogP contribution is 2.38. The van der Waals surface area contributed by atoms with E-state index in [9.17, 15) is 28.4 Å². The molecule has 1 saturated heterocycles. The van der Waals surface area contributed by atoms with Crippen molar-refractivity contribution in [2.24, 2.45) is 16.9 Å². The summed E-state index contributed by atoms with van der Waals surface area (Å²) >= 11 is 6.05. The van der Waals surface area contributed by atoms with Gasteiger partial charge in [-0.1, -0.05) is 23.8 Å². The Labute approximate surface area is 297 Å². The van der Waals surface area contributed by atoms with Crippen LogP contribution in [0.5, 0.6) is 11.5 Å². The van der Waals surface area contributed by atoms with E-state index in [1.54, 1.807) is 24.1 Å². The van der Waals surface area contributed by atoms with Gasteiger partial charge in [0, 0.05) is 44.1 Å². The third kappa shape index (κ3) is 8.40. The first-order chi connectivity index (χ1) is 24.0. The number of aliphatic hydroxyl groups excluding tert-OH is 1. The summed E-state index contributed by atoms with van der Waals surface area (Å²) in [5.41, 5.74) is 8.11. The molecule has 268 valence electrons. The van der Waals surface area contributed by atoms with Crippen molar-refractivity contribution in [1.82, 2.24) is 15.2 Å². The lowest BCUT2D eigenvalue weighted by Crippen LogP contribution is -2.52. The lowest BCUT2D eigenvalue weighted by molar-refractivity contribution is -0.142. The Morgan fingerprint density at radius 3 is 2.50 bits per heavy atom. The molecule has 0 spiro atoms. The molecule has 0 aromatic heterocycles. The number of carbonyl (C=O) groups is 2. The maximum absolute atomic E-state index is 13.7. The van der Waals surface area contributed by atoms with Gasteiger partial charge in [-0.05, 0) is 61.6 Å². The van der Waals surface area contributed by atoms with Crippen molar-refractivity contribution in [1.29, 1.82) is 5.26 Å². The summed E-state index contributed by atoms with van der Waals surface area (Å²) in [6.07, 6.45) is 5.38. The van der Waals surface area contributed by atoms with Crippen LogP contribution in [0.25, 0.3) is 0 Å². The highest BCUT2D eigenvalue weighted by Gasteiger charge is 2.43. The number of piperidine rings is 1. The number of fused-ring (bicyclic) bond motifs is 1. The van der Waals surface area contributed by atoms with E-state index in [1.165, 1.54) is 12.1 Å². The van der Waals surface area contributed by atoms with Crippen LogP contribution in [0.2, 0.25) is 5.02 Å². The van der Waals surface area contributed by atoms with Crippen LogP contribution < -0.4 is 20.5 Å². The number of nitrogen functional groups attached to an aromatic ring is 1. The van der Waals surface area contributed by atoms with Crippen LogP contribution in [0.4, 0.5) is 5.69 Å². The predicted molar refractivity (Wildman–Crippen MR) is 190 cm³/mol. The second-order valence-electron chi connectivity index (χ2n) is 12.7. The van der Waals surface area contributed by atoms with Crippen LogP contribution in [0.3, 0.4) is 0 Å². The van der Waals surface area contributed by atoms with E-state index < -0.39 is 15.9 Å². The molecule has 4 N–H and O–H groups in total. The van der Waals surface area contributed by atoms with Crippen molar-refractivity contribution in [3.8, 4) is 17.6 Å². The van der Waals surface area contributed by atoms with Gasteiger partial charge in [0.2, 0.25) is 11.8 Å². The number of nitrogens with one attached hydrogen (secondary N) is 1. The van der Waals surface area contributed by atoms with Gasteiger partial charge in [-0.15, -0.1) is 0 Å². The van der Waals surface area contributed by atoms with Crippen LogP contribution in [-0.4, -0.2) is 98.9 Å². The van der Waals surface area contributed by atoms with Crippen LogP contribution in [0.1, 0.15) is 54.9 Å². The van der Waals surface area contributed by atoms with Gasteiger partial charge in [0.25, 0.3) is 0 Å². The molecule has 3 atom stereocenters. The minimum Gasteiger partial charge on any atom is -0.493 e. The van der Waals surface area contributed by atoms with Crippen LogP contribution in [0.15, 0.2) is 47.6 Å². The molecular formula is C35H43ClN6O7S. The quantitative estimate of drug-likeness (QED) is 0.157. The molecule has 1 fully saturated rings. The molecule has 3 aliphatic rings. The fraction of sp³-hybridized carbons (Fsp3) is 0.486. The van der Waals surface area contributed by atoms with E-state index in [0.29, 0.717) is 55.8 Å². The first kappa shape index (κ1) is 37.1. The summed E-state index contributed by atoms with van der Waals surface area (Å²) in [5.74, 6) is 0.146. The summed E-state index contributed by atoms with van der Waals surface area (Å²) in [5, 5.41) is 29.3. The number of nitriles is 1. The normalized spacial score (nSPS) is 20.1. The summed E-state index contributed by atoms with van der Waals surface area (Å²) in [7, 11) is -0.394. The number of halogens is 1. The van der Waals surface area contributed by atoms with Gasteiger partial charge in [0.1, 0.15) is 6.07 Å². The van der Waals surface area contributed by atoms with Gasteiger partial charge < -0.3 is 30.5 Å². The Hall–Kier alpha value is -4.16. The SMILES string of the molecule is COc1ccc(C2=NN(C3CCN(C(=O)CCS(=O)(=O)CCNCC(O)c4cc(Cl)c(N)c(C#N)c4)CC3)C(=O)[C@@H]3CC=CC[C@H]23)cc1OC. The van der Waals surface area contributed by atoms with Crippen molar-refractivity contribution in [2.75, 3.05) is 57.6 Å². The number of rotatable bonds is 13. The Morgan fingerprint density at radius 1 is 1.12 bits per heavy atom. The second kappa shape index (κ2) is 16.2. The molecular weight excluding hydrogens is 684 g/mol. The van der Waals surface area contributed by atoms with Gasteiger partial charge in [-0.25, -0.2) is 13.4 Å². The first-order valence-electron chi connectivity index (χ1n) is 16.6. The van der Waals surface area contributed by atoms with Crippen molar-refractivity contribution < 1.29 is 32.6 Å². The molecule has 2 heterocycles. The molecule has 15 heteroatoms. The van der Waals surface area contributed by atoms with Gasteiger partial charge in [-0.2, -0.15) is 10.4 Å². The van der Waals surface area contributed by atoms with Crippen molar-refractivity contribution in [3.05, 3.63) is 64.2 Å². The number of carbonyl (C=O) groups excluding carboxylic acids is 2. The fourth-order valence-electron chi connectivity index (χ4n) is 6.70. The fourth-order valence-corrected chi connectivity index (χ4v) is 8.07. The maximum Gasteiger partial charge on any atom is 0.247 e. The number of aliphatic hydroxyl groups is 1. The topological polar surface area (TPSA) is 188 Å². The molecule has 2 aliphatic heterocycles. The van der Waals surface area contributed by atoms with E-state index >= 15 is 0 Å².